The molecule has 3 rings (SSSR count). The van der Waals surface area contributed by atoms with E-state index in [2.05, 4.69) is 10.3 Å². The van der Waals surface area contributed by atoms with Gasteiger partial charge in [0.15, 0.2) is 16.7 Å². The van der Waals surface area contributed by atoms with Crippen molar-refractivity contribution in [1.82, 2.24) is 9.55 Å². The number of ether oxygens (including phenoxy) is 2. The molecule has 1 aromatic heterocycles. The summed E-state index contributed by atoms with van der Waals surface area (Å²) < 4.78 is 12.5. The van der Waals surface area contributed by atoms with Gasteiger partial charge in [0.1, 0.15) is 6.61 Å². The molecule has 0 saturated carbocycles. The molecule has 0 bridgehead atoms. The van der Waals surface area contributed by atoms with Crippen LogP contribution >= 0.6 is 11.8 Å². The lowest BCUT2D eigenvalue weighted by Crippen LogP contribution is -2.21. The highest BCUT2D eigenvalue weighted by atomic mass is 32.2. The summed E-state index contributed by atoms with van der Waals surface area (Å²) in [6, 6.07) is 19.3. The summed E-state index contributed by atoms with van der Waals surface area (Å²) >= 11 is 1.39. The molecule has 8 heteroatoms. The third kappa shape index (κ3) is 6.19. The second-order valence-corrected chi connectivity index (χ2v) is 7.39. The topological polar surface area (TPSA) is 82.4 Å². The first-order valence-corrected chi connectivity index (χ1v) is 11.1. The zero-order valence-electron chi connectivity index (χ0n) is 17.5. The third-order valence-corrected chi connectivity index (χ3v) is 5.05. The van der Waals surface area contributed by atoms with E-state index in [4.69, 9.17) is 9.47 Å². The molecule has 1 N–H and O–H groups in total. The van der Waals surface area contributed by atoms with Gasteiger partial charge in [0.05, 0.1) is 19.8 Å². The molecule has 2 aromatic carbocycles. The number of imidazole rings is 1. The molecular formula is C23H25N3O4S. The number of nitrogens with zero attached hydrogens (tertiary/aromatic N) is 2. The minimum atomic E-state index is -0.535. The quantitative estimate of drug-likeness (QED) is 0.380. The normalized spacial score (nSPS) is 10.6. The van der Waals surface area contributed by atoms with Crippen molar-refractivity contribution in [2.24, 2.45) is 0 Å². The van der Waals surface area contributed by atoms with Crippen LogP contribution in [0.3, 0.4) is 0 Å². The average molecular weight is 440 g/mol. The fourth-order valence-electron chi connectivity index (χ4n) is 3.00. The molecule has 162 valence electrons. The number of aromatic nitrogens is 2. The summed E-state index contributed by atoms with van der Waals surface area (Å²) in [6.45, 7) is 2.55. The average Bonchev–Trinajstić information content (AvgIpc) is 3.12. The standard InChI is InChI=1S/C23H25N3O4S/c1-3-30-22(28)20-21(24-19(27)16-29-15-18-12-8-5-9-13-18)25-23(31-2)26(20)14-17-10-6-4-7-11-17/h4-13H,3,14-16H2,1-2H3,(H,24,27). The second kappa shape index (κ2) is 11.3. The number of thioether (sulfide) groups is 1. The Kier molecular flexibility index (Phi) is 8.26. The number of esters is 1. The lowest BCUT2D eigenvalue weighted by atomic mass is 10.2. The first-order valence-electron chi connectivity index (χ1n) is 9.89. The van der Waals surface area contributed by atoms with Crippen molar-refractivity contribution in [3.8, 4) is 0 Å². The molecular weight excluding hydrogens is 414 g/mol. The van der Waals surface area contributed by atoms with Crippen molar-refractivity contribution >= 4 is 29.5 Å². The van der Waals surface area contributed by atoms with E-state index in [1.165, 1.54) is 11.8 Å². The van der Waals surface area contributed by atoms with Crippen LogP contribution in [0.15, 0.2) is 65.8 Å². The van der Waals surface area contributed by atoms with Crippen LogP contribution in [0.25, 0.3) is 0 Å². The van der Waals surface area contributed by atoms with Crippen LogP contribution in [-0.2, 0) is 27.4 Å². The fourth-order valence-corrected chi connectivity index (χ4v) is 3.56. The summed E-state index contributed by atoms with van der Waals surface area (Å²) in [5, 5.41) is 3.31. The number of nitrogens with one attached hydrogen (secondary N) is 1. The largest absolute Gasteiger partial charge is 0.461 e. The van der Waals surface area contributed by atoms with Gasteiger partial charge < -0.3 is 19.4 Å². The van der Waals surface area contributed by atoms with Crippen LogP contribution < -0.4 is 5.32 Å². The summed E-state index contributed by atoms with van der Waals surface area (Å²) in [5.74, 6) is -0.753. The monoisotopic (exact) mass is 439 g/mol. The molecule has 0 aliphatic heterocycles. The molecule has 0 fully saturated rings. The van der Waals surface area contributed by atoms with Gasteiger partial charge in [-0.15, -0.1) is 0 Å². The maximum Gasteiger partial charge on any atom is 0.358 e. The Morgan fingerprint density at radius 3 is 2.29 bits per heavy atom. The van der Waals surface area contributed by atoms with Gasteiger partial charge in [-0.1, -0.05) is 72.4 Å². The predicted octanol–water partition coefficient (Wildman–Crippen LogP) is 3.99. The number of hydrogen-bond acceptors (Lipinski definition) is 6. The van der Waals surface area contributed by atoms with Crippen molar-refractivity contribution in [3.05, 3.63) is 77.5 Å². The zero-order chi connectivity index (χ0) is 22.1. The number of anilines is 1. The van der Waals surface area contributed by atoms with Crippen LogP contribution in [0.2, 0.25) is 0 Å². The minimum absolute atomic E-state index is 0.155. The minimum Gasteiger partial charge on any atom is -0.461 e. The Morgan fingerprint density at radius 2 is 1.68 bits per heavy atom. The Labute approximate surface area is 185 Å². The first kappa shape index (κ1) is 22.6. The second-order valence-electron chi connectivity index (χ2n) is 6.61. The van der Waals surface area contributed by atoms with Crippen molar-refractivity contribution in [3.63, 3.8) is 0 Å². The van der Waals surface area contributed by atoms with Gasteiger partial charge in [0.25, 0.3) is 5.91 Å². The Hall–Kier alpha value is -3.10. The van der Waals surface area contributed by atoms with E-state index in [-0.39, 0.29) is 24.7 Å². The van der Waals surface area contributed by atoms with E-state index in [0.29, 0.717) is 18.3 Å². The van der Waals surface area contributed by atoms with Crippen LogP contribution in [0.1, 0.15) is 28.5 Å². The highest BCUT2D eigenvalue weighted by Gasteiger charge is 2.25. The summed E-state index contributed by atoms with van der Waals surface area (Å²) in [6.07, 6.45) is 1.87. The summed E-state index contributed by atoms with van der Waals surface area (Å²) in [5.41, 5.74) is 2.19. The molecule has 1 amide bonds. The van der Waals surface area contributed by atoms with Crippen LogP contribution in [0.5, 0.6) is 0 Å². The molecule has 7 nitrogen and oxygen atoms in total. The highest BCUT2D eigenvalue weighted by Crippen LogP contribution is 2.26. The molecule has 0 saturated heterocycles. The molecule has 0 atom stereocenters. The summed E-state index contributed by atoms with van der Waals surface area (Å²) in [7, 11) is 0. The predicted molar refractivity (Wildman–Crippen MR) is 120 cm³/mol. The maximum absolute atomic E-state index is 12.7. The van der Waals surface area contributed by atoms with E-state index in [1.807, 2.05) is 66.9 Å². The molecule has 0 unspecified atom stereocenters. The van der Waals surface area contributed by atoms with Gasteiger partial charge in [-0.05, 0) is 24.3 Å². The van der Waals surface area contributed by atoms with Gasteiger partial charge in [-0.25, -0.2) is 9.78 Å². The van der Waals surface area contributed by atoms with E-state index >= 15 is 0 Å². The number of benzene rings is 2. The molecule has 0 spiro atoms. The lowest BCUT2D eigenvalue weighted by Gasteiger charge is -2.11. The van der Waals surface area contributed by atoms with Gasteiger partial charge in [0.2, 0.25) is 0 Å². The molecule has 1 heterocycles. The SMILES string of the molecule is CCOC(=O)c1c(NC(=O)COCc2ccccc2)nc(SC)n1Cc1ccccc1. The number of carbonyl (C=O) groups is 2. The van der Waals surface area contributed by atoms with Crippen molar-refractivity contribution in [1.29, 1.82) is 0 Å². The number of amides is 1. The van der Waals surface area contributed by atoms with Gasteiger partial charge in [-0.2, -0.15) is 0 Å². The Bertz CT molecular complexity index is 1010. The highest BCUT2D eigenvalue weighted by molar-refractivity contribution is 7.98. The van der Waals surface area contributed by atoms with Gasteiger partial charge >= 0.3 is 5.97 Å². The van der Waals surface area contributed by atoms with Crippen molar-refractivity contribution in [2.45, 2.75) is 25.2 Å². The van der Waals surface area contributed by atoms with E-state index in [0.717, 1.165) is 11.1 Å². The lowest BCUT2D eigenvalue weighted by molar-refractivity contribution is -0.121. The molecule has 0 aliphatic rings. The van der Waals surface area contributed by atoms with E-state index in [1.54, 1.807) is 11.5 Å². The number of hydrogen-bond donors (Lipinski definition) is 1. The van der Waals surface area contributed by atoms with Crippen molar-refractivity contribution < 1.29 is 19.1 Å². The van der Waals surface area contributed by atoms with Crippen molar-refractivity contribution in [2.75, 3.05) is 24.8 Å². The van der Waals surface area contributed by atoms with Crippen LogP contribution in [-0.4, -0.2) is 40.9 Å². The number of carbonyl (C=O) groups excluding carboxylic acids is 2. The maximum atomic E-state index is 12.7. The third-order valence-electron chi connectivity index (χ3n) is 4.37. The molecule has 0 aliphatic carbocycles. The molecule has 31 heavy (non-hydrogen) atoms. The zero-order valence-corrected chi connectivity index (χ0v) is 18.4. The van der Waals surface area contributed by atoms with E-state index in [9.17, 15) is 9.59 Å². The van der Waals surface area contributed by atoms with E-state index < -0.39 is 11.9 Å². The van der Waals surface area contributed by atoms with Crippen LogP contribution in [0, 0.1) is 0 Å². The molecule has 3 aromatic rings. The molecule has 0 radical (unpaired) electrons. The Morgan fingerprint density at radius 1 is 1.03 bits per heavy atom. The fraction of sp³-hybridized carbons (Fsp3) is 0.261. The van der Waals surface area contributed by atoms with Gasteiger partial charge in [-0.3, -0.25) is 4.79 Å². The summed E-state index contributed by atoms with van der Waals surface area (Å²) in [4.78, 5) is 29.6. The van der Waals surface area contributed by atoms with Gasteiger partial charge in [0, 0.05) is 0 Å². The first-order chi connectivity index (χ1) is 15.1. The Balaban J connectivity index is 1.77. The smallest absolute Gasteiger partial charge is 0.358 e. The number of rotatable bonds is 10. The van der Waals surface area contributed by atoms with Crippen LogP contribution in [0.4, 0.5) is 5.82 Å².